The molecule has 0 amide bonds. The summed E-state index contributed by atoms with van der Waals surface area (Å²) in [5.41, 5.74) is 0.665. The molecule has 0 N–H and O–H groups in total. The van der Waals surface area contributed by atoms with Gasteiger partial charge in [0.15, 0.2) is 11.3 Å². The lowest BCUT2D eigenvalue weighted by Crippen LogP contribution is -2.30. The summed E-state index contributed by atoms with van der Waals surface area (Å²) in [7, 11) is 1.64. The largest absolute Gasteiger partial charge is 0.497 e. The number of hydrogen-bond acceptors (Lipinski definition) is 4. The van der Waals surface area contributed by atoms with Crippen LogP contribution < -0.4 is 15.1 Å². The first kappa shape index (κ1) is 14.1. The van der Waals surface area contributed by atoms with Gasteiger partial charge in [0, 0.05) is 19.2 Å². The predicted molar refractivity (Wildman–Crippen MR) is 92.6 cm³/mol. The van der Waals surface area contributed by atoms with Gasteiger partial charge in [0.2, 0.25) is 0 Å². The van der Waals surface area contributed by atoms with E-state index in [-0.39, 0.29) is 5.43 Å². The molecule has 3 aromatic rings. The van der Waals surface area contributed by atoms with E-state index in [1.165, 1.54) is 6.42 Å². The van der Waals surface area contributed by atoms with E-state index in [0.29, 0.717) is 16.9 Å². The second-order valence-corrected chi connectivity index (χ2v) is 6.02. The third-order valence-electron chi connectivity index (χ3n) is 4.57. The van der Waals surface area contributed by atoms with Gasteiger partial charge in [-0.2, -0.15) is 0 Å². The lowest BCUT2D eigenvalue weighted by Gasteiger charge is -2.27. The fourth-order valence-corrected chi connectivity index (χ4v) is 3.35. The summed E-state index contributed by atoms with van der Waals surface area (Å²) in [5, 5.41) is 2.53. The van der Waals surface area contributed by atoms with Crippen molar-refractivity contribution >= 4 is 27.6 Å². The van der Waals surface area contributed by atoms with Gasteiger partial charge < -0.3 is 14.1 Å². The molecule has 4 nitrogen and oxygen atoms in total. The Labute approximate surface area is 134 Å². The fraction of sp³-hybridized carbons (Fsp3) is 0.316. The molecule has 1 fully saturated rings. The predicted octanol–water partition coefficient (Wildman–Crippen LogP) is 3.95. The molecule has 0 bridgehead atoms. The minimum absolute atomic E-state index is 0.0163. The molecular formula is C19H19NO3. The van der Waals surface area contributed by atoms with Crippen LogP contribution in [0.5, 0.6) is 5.75 Å². The number of fused-ring (bicyclic) bond motifs is 3. The molecule has 0 aliphatic carbocycles. The van der Waals surface area contributed by atoms with Gasteiger partial charge in [0.05, 0.1) is 12.5 Å². The highest BCUT2D eigenvalue weighted by molar-refractivity contribution is 6.05. The summed E-state index contributed by atoms with van der Waals surface area (Å²) >= 11 is 0. The smallest absolute Gasteiger partial charge is 0.199 e. The van der Waals surface area contributed by atoms with Crippen molar-refractivity contribution in [2.45, 2.75) is 19.3 Å². The summed E-state index contributed by atoms with van der Waals surface area (Å²) in [5.74, 6) is 1.47. The third kappa shape index (κ3) is 2.44. The maximum atomic E-state index is 12.7. The number of benzene rings is 2. The summed E-state index contributed by atoms with van der Waals surface area (Å²) in [6, 6.07) is 11.2. The molecule has 118 valence electrons. The van der Waals surface area contributed by atoms with Crippen LogP contribution >= 0.6 is 0 Å². The molecule has 1 aliphatic rings. The molecule has 1 aliphatic heterocycles. The van der Waals surface area contributed by atoms with Crippen molar-refractivity contribution in [2.75, 3.05) is 25.1 Å². The zero-order chi connectivity index (χ0) is 15.8. The van der Waals surface area contributed by atoms with Crippen LogP contribution in [0.15, 0.2) is 45.6 Å². The number of piperidine rings is 1. The standard InChI is InChI=1S/C19H19NO3/c1-22-14-6-7-15-13(11-14)5-8-17-19(15)16(21)12-18(23-17)20-9-3-2-4-10-20/h5-8,11-12H,2-4,9-10H2,1H3. The normalized spacial score (nSPS) is 15.3. The molecule has 4 rings (SSSR count). The number of anilines is 1. The van der Waals surface area contributed by atoms with E-state index in [9.17, 15) is 4.79 Å². The summed E-state index contributed by atoms with van der Waals surface area (Å²) in [6.07, 6.45) is 3.55. The number of nitrogens with zero attached hydrogens (tertiary/aromatic N) is 1. The van der Waals surface area contributed by atoms with Crippen LogP contribution in [0.25, 0.3) is 21.7 Å². The van der Waals surface area contributed by atoms with Crippen LogP contribution in [-0.2, 0) is 0 Å². The topological polar surface area (TPSA) is 42.7 Å². The van der Waals surface area contributed by atoms with E-state index in [2.05, 4.69) is 4.90 Å². The quantitative estimate of drug-likeness (QED) is 0.672. The average molecular weight is 309 g/mol. The molecule has 0 radical (unpaired) electrons. The Morgan fingerprint density at radius 2 is 1.87 bits per heavy atom. The Kier molecular flexibility index (Phi) is 3.45. The van der Waals surface area contributed by atoms with Gasteiger partial charge in [-0.3, -0.25) is 4.79 Å². The maximum absolute atomic E-state index is 12.7. The average Bonchev–Trinajstić information content (AvgIpc) is 2.61. The molecule has 0 atom stereocenters. The van der Waals surface area contributed by atoms with Crippen molar-refractivity contribution in [3.8, 4) is 5.75 Å². The van der Waals surface area contributed by atoms with Crippen molar-refractivity contribution < 1.29 is 9.15 Å². The zero-order valence-electron chi connectivity index (χ0n) is 13.2. The number of rotatable bonds is 2. The fourth-order valence-electron chi connectivity index (χ4n) is 3.35. The van der Waals surface area contributed by atoms with Crippen LogP contribution in [0.4, 0.5) is 5.88 Å². The van der Waals surface area contributed by atoms with Crippen LogP contribution in [-0.4, -0.2) is 20.2 Å². The molecule has 0 spiro atoms. The van der Waals surface area contributed by atoms with Crippen LogP contribution in [0, 0.1) is 0 Å². The highest BCUT2D eigenvalue weighted by Gasteiger charge is 2.16. The molecule has 0 unspecified atom stereocenters. The van der Waals surface area contributed by atoms with Gasteiger partial charge in [0.1, 0.15) is 11.3 Å². The summed E-state index contributed by atoms with van der Waals surface area (Å²) in [6.45, 7) is 1.92. The Balaban J connectivity index is 1.90. The van der Waals surface area contributed by atoms with Gasteiger partial charge in [-0.05, 0) is 54.3 Å². The van der Waals surface area contributed by atoms with E-state index in [4.69, 9.17) is 9.15 Å². The summed E-state index contributed by atoms with van der Waals surface area (Å²) < 4.78 is 11.3. The number of methoxy groups -OCH3 is 1. The maximum Gasteiger partial charge on any atom is 0.199 e. The second kappa shape index (κ2) is 5.61. The minimum Gasteiger partial charge on any atom is -0.497 e. The zero-order valence-corrected chi connectivity index (χ0v) is 13.2. The first-order valence-corrected chi connectivity index (χ1v) is 8.06. The van der Waals surface area contributed by atoms with Crippen molar-refractivity contribution in [3.05, 3.63) is 46.6 Å². The van der Waals surface area contributed by atoms with E-state index in [0.717, 1.165) is 42.5 Å². The van der Waals surface area contributed by atoms with E-state index < -0.39 is 0 Å². The van der Waals surface area contributed by atoms with Gasteiger partial charge in [-0.1, -0.05) is 6.07 Å². The van der Waals surface area contributed by atoms with Crippen LogP contribution in [0.3, 0.4) is 0 Å². The van der Waals surface area contributed by atoms with Crippen molar-refractivity contribution in [1.29, 1.82) is 0 Å². The second-order valence-electron chi connectivity index (χ2n) is 6.02. The highest BCUT2D eigenvalue weighted by Crippen LogP contribution is 2.29. The molecule has 23 heavy (non-hydrogen) atoms. The van der Waals surface area contributed by atoms with Crippen LogP contribution in [0.1, 0.15) is 19.3 Å². The lowest BCUT2D eigenvalue weighted by atomic mass is 10.0. The minimum atomic E-state index is 0.0163. The molecular weight excluding hydrogens is 290 g/mol. The van der Waals surface area contributed by atoms with E-state index in [1.54, 1.807) is 13.2 Å². The van der Waals surface area contributed by atoms with E-state index >= 15 is 0 Å². The van der Waals surface area contributed by atoms with Crippen LogP contribution in [0.2, 0.25) is 0 Å². The highest BCUT2D eigenvalue weighted by atomic mass is 16.5. The number of hydrogen-bond donors (Lipinski definition) is 0. The molecule has 4 heteroatoms. The molecule has 1 saturated heterocycles. The lowest BCUT2D eigenvalue weighted by molar-refractivity contribution is 0.415. The third-order valence-corrected chi connectivity index (χ3v) is 4.57. The Hall–Kier alpha value is -2.49. The first-order chi connectivity index (χ1) is 11.3. The van der Waals surface area contributed by atoms with Crippen molar-refractivity contribution in [3.63, 3.8) is 0 Å². The Morgan fingerprint density at radius 3 is 2.65 bits per heavy atom. The Morgan fingerprint density at radius 1 is 1.04 bits per heavy atom. The van der Waals surface area contributed by atoms with Crippen molar-refractivity contribution in [1.82, 2.24) is 0 Å². The SMILES string of the molecule is COc1ccc2c(ccc3oc(N4CCCCC4)cc(=O)c32)c1. The molecule has 1 aromatic heterocycles. The summed E-state index contributed by atoms with van der Waals surface area (Å²) in [4.78, 5) is 14.9. The molecule has 0 saturated carbocycles. The molecule has 2 heterocycles. The Bertz CT molecular complexity index is 923. The first-order valence-electron chi connectivity index (χ1n) is 8.06. The molecule has 2 aromatic carbocycles. The van der Waals surface area contributed by atoms with Gasteiger partial charge in [-0.15, -0.1) is 0 Å². The van der Waals surface area contributed by atoms with Gasteiger partial charge in [0.25, 0.3) is 0 Å². The van der Waals surface area contributed by atoms with Crippen molar-refractivity contribution in [2.24, 2.45) is 0 Å². The van der Waals surface area contributed by atoms with E-state index in [1.807, 2.05) is 30.3 Å². The van der Waals surface area contributed by atoms with Gasteiger partial charge in [-0.25, -0.2) is 0 Å². The monoisotopic (exact) mass is 309 g/mol. The van der Waals surface area contributed by atoms with Gasteiger partial charge >= 0.3 is 0 Å². The number of ether oxygens (including phenoxy) is 1.